The molecule has 2 aromatic carbocycles. The monoisotopic (exact) mass is 481 g/mol. The SMILES string of the molecule is O=C(NCc1cc(F)cc(F)c1)[C@H]1CCCN(c2nccn3nc(-c4ccccc4Cl)cc23)C1. The summed E-state index contributed by atoms with van der Waals surface area (Å²) < 4.78 is 28.6. The minimum Gasteiger partial charge on any atom is -0.354 e. The second-order valence-corrected chi connectivity index (χ2v) is 8.78. The maximum atomic E-state index is 13.4. The van der Waals surface area contributed by atoms with Crippen molar-refractivity contribution in [2.24, 2.45) is 5.92 Å². The van der Waals surface area contributed by atoms with E-state index in [2.05, 4.69) is 20.3 Å². The fourth-order valence-electron chi connectivity index (χ4n) is 4.38. The summed E-state index contributed by atoms with van der Waals surface area (Å²) in [6.45, 7) is 1.32. The van der Waals surface area contributed by atoms with Crippen molar-refractivity contribution in [3.8, 4) is 11.3 Å². The molecule has 1 fully saturated rings. The molecule has 34 heavy (non-hydrogen) atoms. The molecular formula is C25H22ClF2N5O. The molecule has 0 spiro atoms. The molecule has 4 aromatic rings. The zero-order valence-electron chi connectivity index (χ0n) is 18.2. The molecule has 1 saturated heterocycles. The summed E-state index contributed by atoms with van der Waals surface area (Å²) in [6, 6.07) is 12.7. The second kappa shape index (κ2) is 9.38. The van der Waals surface area contributed by atoms with Gasteiger partial charge in [0.15, 0.2) is 5.82 Å². The second-order valence-electron chi connectivity index (χ2n) is 8.37. The van der Waals surface area contributed by atoms with Gasteiger partial charge in [-0.2, -0.15) is 5.10 Å². The number of hydrogen-bond acceptors (Lipinski definition) is 4. The molecule has 0 saturated carbocycles. The highest BCUT2D eigenvalue weighted by atomic mass is 35.5. The average Bonchev–Trinajstić information content (AvgIpc) is 3.26. The number of rotatable bonds is 5. The molecule has 2 aromatic heterocycles. The maximum Gasteiger partial charge on any atom is 0.225 e. The van der Waals surface area contributed by atoms with Gasteiger partial charge in [-0.05, 0) is 42.7 Å². The van der Waals surface area contributed by atoms with E-state index in [9.17, 15) is 13.6 Å². The van der Waals surface area contributed by atoms with Crippen LogP contribution in [-0.4, -0.2) is 33.6 Å². The molecule has 5 rings (SSSR count). The van der Waals surface area contributed by atoms with Gasteiger partial charge in [-0.1, -0.05) is 29.8 Å². The van der Waals surface area contributed by atoms with Gasteiger partial charge in [-0.15, -0.1) is 0 Å². The van der Waals surface area contributed by atoms with Gasteiger partial charge in [0, 0.05) is 43.7 Å². The molecule has 0 aliphatic carbocycles. The van der Waals surface area contributed by atoms with Gasteiger partial charge < -0.3 is 10.2 Å². The van der Waals surface area contributed by atoms with Crippen LogP contribution >= 0.6 is 11.6 Å². The maximum absolute atomic E-state index is 13.4. The number of nitrogens with zero attached hydrogens (tertiary/aromatic N) is 4. The molecular weight excluding hydrogens is 460 g/mol. The van der Waals surface area contributed by atoms with E-state index in [1.807, 2.05) is 30.3 Å². The topological polar surface area (TPSA) is 62.5 Å². The van der Waals surface area contributed by atoms with Gasteiger partial charge in [0.1, 0.15) is 17.2 Å². The Kier molecular flexibility index (Phi) is 6.15. The highest BCUT2D eigenvalue weighted by molar-refractivity contribution is 6.33. The Labute approximate surface area is 200 Å². The first-order valence-electron chi connectivity index (χ1n) is 11.0. The molecule has 9 heteroatoms. The van der Waals surface area contributed by atoms with Gasteiger partial charge >= 0.3 is 0 Å². The van der Waals surface area contributed by atoms with Crippen molar-refractivity contribution in [2.45, 2.75) is 19.4 Å². The minimum atomic E-state index is -0.663. The van der Waals surface area contributed by atoms with Crippen molar-refractivity contribution in [3.05, 3.63) is 83.1 Å². The Morgan fingerprint density at radius 2 is 1.94 bits per heavy atom. The van der Waals surface area contributed by atoms with Crippen molar-refractivity contribution in [3.63, 3.8) is 0 Å². The summed E-state index contributed by atoms with van der Waals surface area (Å²) in [5.74, 6) is -0.988. The lowest BCUT2D eigenvalue weighted by Crippen LogP contribution is -2.43. The zero-order chi connectivity index (χ0) is 23.7. The number of carbonyl (C=O) groups excluding carboxylic acids is 1. The number of benzene rings is 2. The number of piperidine rings is 1. The molecule has 1 amide bonds. The van der Waals surface area contributed by atoms with Crippen molar-refractivity contribution in [2.75, 3.05) is 18.0 Å². The fourth-order valence-corrected chi connectivity index (χ4v) is 4.62. The third-order valence-electron chi connectivity index (χ3n) is 6.00. The van der Waals surface area contributed by atoms with Crippen LogP contribution < -0.4 is 10.2 Å². The number of nitrogens with one attached hydrogen (secondary N) is 1. The van der Waals surface area contributed by atoms with Crippen LogP contribution in [0.25, 0.3) is 16.8 Å². The molecule has 6 nitrogen and oxygen atoms in total. The van der Waals surface area contributed by atoms with E-state index in [4.69, 9.17) is 11.6 Å². The largest absolute Gasteiger partial charge is 0.354 e. The number of halogens is 3. The number of aromatic nitrogens is 3. The quantitative estimate of drug-likeness (QED) is 0.442. The van der Waals surface area contributed by atoms with E-state index in [1.54, 1.807) is 16.9 Å². The van der Waals surface area contributed by atoms with Crippen LogP contribution in [0.4, 0.5) is 14.6 Å². The molecule has 174 valence electrons. The van der Waals surface area contributed by atoms with Gasteiger partial charge in [0.05, 0.1) is 16.6 Å². The molecule has 3 heterocycles. The summed E-state index contributed by atoms with van der Waals surface area (Å²) in [7, 11) is 0. The first-order valence-corrected chi connectivity index (χ1v) is 11.4. The molecule has 1 aliphatic rings. The van der Waals surface area contributed by atoms with Crippen LogP contribution in [-0.2, 0) is 11.3 Å². The Balaban J connectivity index is 1.33. The van der Waals surface area contributed by atoms with E-state index in [-0.39, 0.29) is 18.4 Å². The smallest absolute Gasteiger partial charge is 0.225 e. The summed E-state index contributed by atoms with van der Waals surface area (Å²) >= 11 is 6.36. The van der Waals surface area contributed by atoms with Gasteiger partial charge in [0.25, 0.3) is 0 Å². The summed E-state index contributed by atoms with van der Waals surface area (Å²) in [5, 5.41) is 8.09. The van der Waals surface area contributed by atoms with Gasteiger partial charge in [0.2, 0.25) is 5.91 Å². The van der Waals surface area contributed by atoms with E-state index >= 15 is 0 Å². The van der Waals surface area contributed by atoms with Crippen molar-refractivity contribution >= 4 is 28.8 Å². The molecule has 0 radical (unpaired) electrons. The van der Waals surface area contributed by atoms with Gasteiger partial charge in [-0.25, -0.2) is 18.3 Å². The predicted molar refractivity (Wildman–Crippen MR) is 127 cm³/mol. The summed E-state index contributed by atoms with van der Waals surface area (Å²) in [4.78, 5) is 19.5. The van der Waals surface area contributed by atoms with Crippen LogP contribution in [0.2, 0.25) is 5.02 Å². The van der Waals surface area contributed by atoms with Crippen LogP contribution in [0.5, 0.6) is 0 Å². The van der Waals surface area contributed by atoms with Crippen molar-refractivity contribution < 1.29 is 13.6 Å². The Hall–Kier alpha value is -3.52. The fraction of sp³-hybridized carbons (Fsp3) is 0.240. The molecule has 0 unspecified atom stereocenters. The number of fused-ring (bicyclic) bond motifs is 1. The third-order valence-corrected chi connectivity index (χ3v) is 6.33. The summed E-state index contributed by atoms with van der Waals surface area (Å²) in [5.41, 5.74) is 2.79. The Bertz CT molecular complexity index is 1340. The van der Waals surface area contributed by atoms with Crippen LogP contribution in [0.15, 0.2) is 60.9 Å². The lowest BCUT2D eigenvalue weighted by atomic mass is 9.97. The molecule has 1 N–H and O–H groups in total. The van der Waals surface area contributed by atoms with Gasteiger partial charge in [-0.3, -0.25) is 4.79 Å². The number of anilines is 1. The van der Waals surface area contributed by atoms with Crippen molar-refractivity contribution in [1.29, 1.82) is 0 Å². The summed E-state index contributed by atoms with van der Waals surface area (Å²) in [6.07, 6.45) is 5.02. The Morgan fingerprint density at radius 3 is 2.74 bits per heavy atom. The number of hydrogen-bond donors (Lipinski definition) is 1. The highest BCUT2D eigenvalue weighted by Crippen LogP contribution is 2.31. The van der Waals surface area contributed by atoms with Crippen LogP contribution in [0.1, 0.15) is 18.4 Å². The van der Waals surface area contributed by atoms with Crippen LogP contribution in [0.3, 0.4) is 0 Å². The molecule has 1 atom stereocenters. The van der Waals surface area contributed by atoms with E-state index in [1.165, 1.54) is 12.1 Å². The van der Waals surface area contributed by atoms with E-state index in [0.717, 1.165) is 48.0 Å². The highest BCUT2D eigenvalue weighted by Gasteiger charge is 2.28. The molecule has 1 aliphatic heterocycles. The minimum absolute atomic E-state index is 0.0711. The first kappa shape index (κ1) is 22.3. The normalized spacial score (nSPS) is 16.1. The van der Waals surface area contributed by atoms with E-state index in [0.29, 0.717) is 17.1 Å². The zero-order valence-corrected chi connectivity index (χ0v) is 19.0. The Morgan fingerprint density at radius 1 is 1.15 bits per heavy atom. The molecule has 0 bridgehead atoms. The lowest BCUT2D eigenvalue weighted by Gasteiger charge is -2.33. The standard InChI is InChI=1S/C25H22ClF2N5O/c26-21-6-2-1-5-20(21)22-13-23-24(29-7-9-33(23)31-22)32-8-3-4-17(15-32)25(34)30-14-16-10-18(27)12-19(28)11-16/h1-2,5-7,9-13,17H,3-4,8,14-15H2,(H,30,34)/t17-/m0/s1. The van der Waals surface area contributed by atoms with E-state index < -0.39 is 11.6 Å². The number of carbonyl (C=O) groups is 1. The van der Waals surface area contributed by atoms with Crippen molar-refractivity contribution in [1.82, 2.24) is 19.9 Å². The average molecular weight is 482 g/mol. The predicted octanol–water partition coefficient (Wildman–Crippen LogP) is 4.86. The van der Waals surface area contributed by atoms with Crippen LogP contribution in [0, 0.1) is 17.6 Å². The third kappa shape index (κ3) is 4.59. The number of amides is 1. The lowest BCUT2D eigenvalue weighted by molar-refractivity contribution is -0.125. The first-order chi connectivity index (χ1) is 16.5.